The molecule has 2 amide bonds. The zero-order chi connectivity index (χ0) is 14.7. The monoisotopic (exact) mass is 298 g/mol. The maximum absolute atomic E-state index is 11.9. The molecule has 0 bridgehead atoms. The van der Waals surface area contributed by atoms with E-state index in [0.29, 0.717) is 4.88 Å². The number of hydrogen-bond donors (Lipinski definition) is 3. The third-order valence-corrected chi connectivity index (χ3v) is 3.90. The zero-order valence-corrected chi connectivity index (χ0v) is 11.3. The Bertz CT molecular complexity index is 516. The lowest BCUT2D eigenvalue weighted by Gasteiger charge is -2.21. The van der Waals surface area contributed by atoms with Crippen LogP contribution < -0.4 is 5.32 Å². The van der Waals surface area contributed by atoms with Crippen LogP contribution >= 0.6 is 11.3 Å². The smallest absolute Gasteiger partial charge is 0.326 e. The summed E-state index contributed by atoms with van der Waals surface area (Å²) in [4.78, 5) is 36.1. The number of thiophene rings is 1. The molecule has 1 aliphatic heterocycles. The molecule has 1 aromatic heterocycles. The van der Waals surface area contributed by atoms with Crippen LogP contribution in [0, 0.1) is 0 Å². The van der Waals surface area contributed by atoms with Crippen LogP contribution in [-0.2, 0) is 9.59 Å². The molecule has 0 aromatic carbocycles. The van der Waals surface area contributed by atoms with Crippen molar-refractivity contribution in [1.29, 1.82) is 0 Å². The molecule has 20 heavy (non-hydrogen) atoms. The minimum absolute atomic E-state index is 0.0138. The first kappa shape index (κ1) is 14.5. The summed E-state index contributed by atoms with van der Waals surface area (Å²) in [6, 6.07) is 2.32. The van der Waals surface area contributed by atoms with Crippen molar-refractivity contribution in [3.8, 4) is 0 Å². The third kappa shape index (κ3) is 3.14. The van der Waals surface area contributed by atoms with Gasteiger partial charge in [-0.3, -0.25) is 9.59 Å². The molecule has 7 nitrogen and oxygen atoms in total. The average Bonchev–Trinajstić information content (AvgIpc) is 3.04. The number of β-amino-alcohol motifs (C(OH)–C–C–N with tert-alkyl or cyclic N) is 1. The van der Waals surface area contributed by atoms with Gasteiger partial charge in [0.2, 0.25) is 5.91 Å². The highest BCUT2D eigenvalue weighted by atomic mass is 32.1. The molecule has 0 aliphatic carbocycles. The van der Waals surface area contributed by atoms with Gasteiger partial charge in [0.25, 0.3) is 5.91 Å². The van der Waals surface area contributed by atoms with Gasteiger partial charge in [0.1, 0.15) is 6.04 Å². The van der Waals surface area contributed by atoms with Crippen molar-refractivity contribution >= 4 is 29.1 Å². The fraction of sp³-hybridized carbons (Fsp3) is 0.417. The zero-order valence-electron chi connectivity index (χ0n) is 10.5. The largest absolute Gasteiger partial charge is 0.480 e. The van der Waals surface area contributed by atoms with Crippen molar-refractivity contribution in [2.75, 3.05) is 13.1 Å². The Hall–Kier alpha value is -1.93. The number of amides is 2. The topological polar surface area (TPSA) is 107 Å². The molecule has 0 radical (unpaired) electrons. The highest BCUT2D eigenvalue weighted by molar-refractivity contribution is 7.12. The Morgan fingerprint density at radius 2 is 2.20 bits per heavy atom. The van der Waals surface area contributed by atoms with Crippen molar-refractivity contribution in [2.24, 2.45) is 0 Å². The predicted molar refractivity (Wildman–Crippen MR) is 70.4 cm³/mol. The Labute approximate surface area is 118 Å². The number of likely N-dealkylation sites (tertiary alicyclic amines) is 1. The van der Waals surface area contributed by atoms with Crippen molar-refractivity contribution in [2.45, 2.75) is 18.6 Å². The number of carboxylic acid groups (broad SMARTS) is 1. The molecule has 0 saturated carbocycles. The van der Waals surface area contributed by atoms with Gasteiger partial charge < -0.3 is 20.4 Å². The molecule has 0 unspecified atom stereocenters. The van der Waals surface area contributed by atoms with Crippen LogP contribution in [0.1, 0.15) is 16.1 Å². The fourth-order valence-electron chi connectivity index (χ4n) is 2.08. The van der Waals surface area contributed by atoms with Crippen LogP contribution in [-0.4, -0.2) is 58.1 Å². The van der Waals surface area contributed by atoms with Crippen LogP contribution in [0.4, 0.5) is 0 Å². The van der Waals surface area contributed by atoms with Gasteiger partial charge in [-0.05, 0) is 11.4 Å². The maximum atomic E-state index is 11.9. The van der Waals surface area contributed by atoms with Gasteiger partial charge in [-0.25, -0.2) is 4.79 Å². The number of hydrogen-bond acceptors (Lipinski definition) is 5. The maximum Gasteiger partial charge on any atom is 0.326 e. The second-order valence-corrected chi connectivity index (χ2v) is 5.40. The van der Waals surface area contributed by atoms with Crippen molar-refractivity contribution in [3.05, 3.63) is 22.4 Å². The van der Waals surface area contributed by atoms with Gasteiger partial charge in [-0.15, -0.1) is 11.3 Å². The fourth-order valence-corrected chi connectivity index (χ4v) is 2.72. The van der Waals surface area contributed by atoms with E-state index in [1.54, 1.807) is 17.5 Å². The van der Waals surface area contributed by atoms with Crippen LogP contribution in [0.25, 0.3) is 0 Å². The predicted octanol–water partition coefficient (Wildman–Crippen LogP) is -0.476. The first-order valence-electron chi connectivity index (χ1n) is 6.01. The van der Waals surface area contributed by atoms with Crippen LogP contribution in [0.5, 0.6) is 0 Å². The summed E-state index contributed by atoms with van der Waals surface area (Å²) in [6.45, 7) is -0.308. The summed E-state index contributed by atoms with van der Waals surface area (Å²) in [7, 11) is 0. The van der Waals surface area contributed by atoms with Crippen LogP contribution in [0.3, 0.4) is 0 Å². The van der Waals surface area contributed by atoms with E-state index in [1.807, 2.05) is 0 Å². The Kier molecular flexibility index (Phi) is 4.35. The van der Waals surface area contributed by atoms with Gasteiger partial charge in [0.15, 0.2) is 0 Å². The number of nitrogens with zero attached hydrogens (tertiary/aromatic N) is 1. The average molecular weight is 298 g/mol. The number of carbonyl (C=O) groups is 3. The summed E-state index contributed by atoms with van der Waals surface area (Å²) in [5.41, 5.74) is 0. The summed E-state index contributed by atoms with van der Waals surface area (Å²) in [5, 5.41) is 22.6. The van der Waals surface area contributed by atoms with E-state index in [-0.39, 0.29) is 25.4 Å². The molecular weight excluding hydrogens is 284 g/mol. The SMILES string of the molecule is O=C(NCC(=O)N1C[C@H](O)C[C@H]1C(=O)O)c1cccs1. The van der Waals surface area contributed by atoms with Crippen molar-refractivity contribution < 1.29 is 24.6 Å². The van der Waals surface area contributed by atoms with E-state index in [0.717, 1.165) is 4.90 Å². The Morgan fingerprint density at radius 1 is 1.45 bits per heavy atom. The molecule has 0 spiro atoms. The lowest BCUT2D eigenvalue weighted by molar-refractivity contribution is -0.147. The number of aliphatic hydroxyl groups is 1. The lowest BCUT2D eigenvalue weighted by atomic mass is 10.2. The van der Waals surface area contributed by atoms with Crippen LogP contribution in [0.2, 0.25) is 0 Å². The molecule has 8 heteroatoms. The molecule has 2 heterocycles. The van der Waals surface area contributed by atoms with Crippen LogP contribution in [0.15, 0.2) is 17.5 Å². The summed E-state index contributed by atoms with van der Waals surface area (Å²) < 4.78 is 0. The molecule has 2 rings (SSSR count). The number of aliphatic hydroxyl groups excluding tert-OH is 1. The summed E-state index contributed by atoms with van der Waals surface area (Å²) in [6.07, 6.45) is -0.826. The normalized spacial score (nSPS) is 21.8. The molecule has 1 saturated heterocycles. The van der Waals surface area contributed by atoms with E-state index < -0.39 is 24.0 Å². The summed E-state index contributed by atoms with van der Waals surface area (Å²) >= 11 is 1.25. The van der Waals surface area contributed by atoms with Gasteiger partial charge in [0.05, 0.1) is 17.5 Å². The number of rotatable bonds is 4. The number of carboxylic acids is 1. The van der Waals surface area contributed by atoms with Gasteiger partial charge in [0, 0.05) is 13.0 Å². The third-order valence-electron chi connectivity index (χ3n) is 3.03. The molecule has 1 aromatic rings. The highest BCUT2D eigenvalue weighted by Crippen LogP contribution is 2.18. The highest BCUT2D eigenvalue weighted by Gasteiger charge is 2.38. The summed E-state index contributed by atoms with van der Waals surface area (Å²) in [5.74, 6) is -2.04. The van der Waals surface area contributed by atoms with Gasteiger partial charge in [-0.2, -0.15) is 0 Å². The van der Waals surface area contributed by atoms with Crippen molar-refractivity contribution in [3.63, 3.8) is 0 Å². The molecule has 1 fully saturated rings. The van der Waals surface area contributed by atoms with E-state index in [4.69, 9.17) is 5.11 Å². The molecule has 1 aliphatic rings. The van der Waals surface area contributed by atoms with E-state index in [2.05, 4.69) is 5.32 Å². The van der Waals surface area contributed by atoms with E-state index >= 15 is 0 Å². The first-order valence-corrected chi connectivity index (χ1v) is 6.89. The van der Waals surface area contributed by atoms with Gasteiger partial charge >= 0.3 is 5.97 Å². The van der Waals surface area contributed by atoms with E-state index in [1.165, 1.54) is 11.3 Å². The molecular formula is C12H14N2O5S. The molecule has 3 N–H and O–H groups in total. The minimum Gasteiger partial charge on any atom is -0.480 e. The standard InChI is InChI=1S/C12H14N2O5S/c15-7-4-8(12(18)19)14(6-7)10(16)5-13-11(17)9-2-1-3-20-9/h1-3,7-8,15H,4-6H2,(H,13,17)(H,18,19)/t7-,8+/m1/s1. The Balaban J connectivity index is 1.91. The van der Waals surface area contributed by atoms with Gasteiger partial charge in [-0.1, -0.05) is 6.07 Å². The minimum atomic E-state index is -1.15. The van der Waals surface area contributed by atoms with Crippen molar-refractivity contribution in [1.82, 2.24) is 10.2 Å². The van der Waals surface area contributed by atoms with E-state index in [9.17, 15) is 19.5 Å². The quantitative estimate of drug-likeness (QED) is 0.696. The number of carbonyl (C=O) groups excluding carboxylic acids is 2. The first-order chi connectivity index (χ1) is 9.49. The molecule has 108 valence electrons. The molecule has 2 atom stereocenters. The second-order valence-electron chi connectivity index (χ2n) is 4.45. The number of nitrogens with one attached hydrogen (secondary N) is 1. The lowest BCUT2D eigenvalue weighted by Crippen LogP contribution is -2.45. The second kappa shape index (κ2) is 6.02. The number of aliphatic carboxylic acids is 1. The Morgan fingerprint density at radius 3 is 2.80 bits per heavy atom.